The van der Waals surface area contributed by atoms with Gasteiger partial charge in [-0.3, -0.25) is 0 Å². The summed E-state index contributed by atoms with van der Waals surface area (Å²) >= 11 is 0. The molecule has 6 heteroatoms. The molecule has 2 rings (SSSR count). The lowest BCUT2D eigenvalue weighted by atomic mass is 10.3. The number of carboxylic acid groups (broad SMARTS) is 2. The first kappa shape index (κ1) is 12.1. The van der Waals surface area contributed by atoms with E-state index in [0.717, 1.165) is 11.0 Å². The maximum absolute atomic E-state index is 10.8. The van der Waals surface area contributed by atoms with Crippen molar-refractivity contribution in [2.45, 2.75) is 20.0 Å². The molecule has 94 valence electrons. The van der Waals surface area contributed by atoms with Crippen LogP contribution in [0.4, 0.5) is 0 Å². The summed E-state index contributed by atoms with van der Waals surface area (Å²) in [5.74, 6) is -1.30. The zero-order valence-electron chi connectivity index (χ0n) is 9.83. The van der Waals surface area contributed by atoms with Crippen LogP contribution in [0.1, 0.15) is 5.82 Å². The summed E-state index contributed by atoms with van der Waals surface area (Å²) in [6, 6.07) is 7.16. The molecular weight excluding hydrogens is 236 g/mol. The number of fused-ring (bicyclic) bond motifs is 1. The minimum Gasteiger partial charge on any atom is -0.478 e. The lowest BCUT2D eigenvalue weighted by molar-refractivity contribution is -0.667. The molecule has 1 aromatic heterocycles. The molecule has 1 heterocycles. The van der Waals surface area contributed by atoms with Crippen LogP contribution in [-0.2, 0) is 22.7 Å². The Hall–Kier alpha value is -2.37. The van der Waals surface area contributed by atoms with Crippen molar-refractivity contribution < 1.29 is 24.4 Å². The Kier molecular flexibility index (Phi) is 3.01. The number of rotatable bonds is 4. The van der Waals surface area contributed by atoms with Gasteiger partial charge in [0.15, 0.2) is 24.1 Å². The molecule has 0 bridgehead atoms. The van der Waals surface area contributed by atoms with E-state index >= 15 is 0 Å². The Morgan fingerprint density at radius 1 is 1.22 bits per heavy atom. The van der Waals surface area contributed by atoms with Crippen LogP contribution in [0.5, 0.6) is 0 Å². The Bertz CT molecular complexity index is 577. The number of para-hydroxylation sites is 2. The number of aromatic nitrogens is 2. The van der Waals surface area contributed by atoms with E-state index < -0.39 is 11.9 Å². The number of nitrogens with zero attached hydrogens (tertiary/aromatic N) is 2. The molecule has 1 aromatic carbocycles. The minimum absolute atomic E-state index is 0.182. The van der Waals surface area contributed by atoms with E-state index in [1.165, 1.54) is 0 Å². The predicted octanol–water partition coefficient (Wildman–Crippen LogP) is 0.406. The normalized spacial score (nSPS) is 10.7. The molecule has 0 aliphatic heterocycles. The van der Waals surface area contributed by atoms with Gasteiger partial charge < -0.3 is 10.2 Å². The molecule has 2 aromatic rings. The standard InChI is InChI=1S/C12H12N2O4/c1-8-13(6-11(15)16)9-4-2-3-5-10(9)14(8)7-12(17)18/h2-5H,6-7H2,1H3,(H-,15,16,17,18)/p+1. The van der Waals surface area contributed by atoms with Crippen LogP contribution < -0.4 is 4.57 Å². The third-order valence-electron chi connectivity index (χ3n) is 2.83. The Morgan fingerprint density at radius 2 is 1.89 bits per heavy atom. The van der Waals surface area contributed by atoms with E-state index in [1.807, 2.05) is 0 Å². The van der Waals surface area contributed by atoms with Crippen molar-refractivity contribution in [1.82, 2.24) is 4.57 Å². The van der Waals surface area contributed by atoms with Gasteiger partial charge in [-0.05, 0) is 12.1 Å². The first-order valence-electron chi connectivity index (χ1n) is 5.42. The van der Waals surface area contributed by atoms with Crippen LogP contribution in [0, 0.1) is 6.92 Å². The second-order valence-corrected chi connectivity index (χ2v) is 4.00. The van der Waals surface area contributed by atoms with Crippen molar-refractivity contribution in [2.24, 2.45) is 0 Å². The van der Waals surface area contributed by atoms with Crippen LogP contribution >= 0.6 is 0 Å². The maximum Gasteiger partial charge on any atom is 0.346 e. The number of carboxylic acids is 2. The molecule has 0 aliphatic rings. The van der Waals surface area contributed by atoms with Gasteiger partial charge in [-0.2, -0.15) is 0 Å². The zero-order valence-corrected chi connectivity index (χ0v) is 9.83. The zero-order chi connectivity index (χ0) is 13.3. The van der Waals surface area contributed by atoms with Gasteiger partial charge in [-0.15, -0.1) is 0 Å². The summed E-state index contributed by atoms with van der Waals surface area (Å²) in [6.07, 6.45) is 0. The van der Waals surface area contributed by atoms with Crippen molar-refractivity contribution in [3.05, 3.63) is 30.1 Å². The highest BCUT2D eigenvalue weighted by Crippen LogP contribution is 2.13. The van der Waals surface area contributed by atoms with Crippen molar-refractivity contribution in [2.75, 3.05) is 0 Å². The Balaban J connectivity index is 2.66. The van der Waals surface area contributed by atoms with Crippen LogP contribution in [-0.4, -0.2) is 26.7 Å². The molecule has 0 saturated heterocycles. The molecule has 0 atom stereocenters. The van der Waals surface area contributed by atoms with Crippen LogP contribution in [0.3, 0.4) is 0 Å². The summed E-state index contributed by atoms with van der Waals surface area (Å²) in [7, 11) is 0. The largest absolute Gasteiger partial charge is 0.478 e. The molecule has 6 nitrogen and oxygen atoms in total. The molecule has 0 aliphatic carbocycles. The fraction of sp³-hybridized carbons (Fsp3) is 0.250. The summed E-state index contributed by atoms with van der Waals surface area (Å²) in [5.41, 5.74) is 1.44. The molecule has 0 amide bonds. The second kappa shape index (κ2) is 4.48. The topological polar surface area (TPSA) is 83.4 Å². The predicted molar refractivity (Wildman–Crippen MR) is 62.1 cm³/mol. The van der Waals surface area contributed by atoms with E-state index in [1.54, 1.807) is 40.3 Å². The van der Waals surface area contributed by atoms with Crippen molar-refractivity contribution in [1.29, 1.82) is 0 Å². The SMILES string of the molecule is Cc1n(CC(=O)O)c2ccccc2[n+]1CC(=O)O. The number of carbonyl (C=O) groups is 2. The van der Waals surface area contributed by atoms with Gasteiger partial charge in [0, 0.05) is 6.92 Å². The van der Waals surface area contributed by atoms with E-state index in [2.05, 4.69) is 0 Å². The lowest BCUT2D eigenvalue weighted by Crippen LogP contribution is -2.40. The van der Waals surface area contributed by atoms with Gasteiger partial charge in [0.1, 0.15) is 0 Å². The molecule has 0 radical (unpaired) electrons. The number of imidazole rings is 1. The van der Waals surface area contributed by atoms with Crippen molar-refractivity contribution >= 4 is 23.0 Å². The van der Waals surface area contributed by atoms with E-state index in [0.29, 0.717) is 5.82 Å². The minimum atomic E-state index is -0.957. The highest BCUT2D eigenvalue weighted by Gasteiger charge is 2.24. The van der Waals surface area contributed by atoms with E-state index in [4.69, 9.17) is 10.2 Å². The van der Waals surface area contributed by atoms with Gasteiger partial charge in [0.2, 0.25) is 0 Å². The fourth-order valence-electron chi connectivity index (χ4n) is 2.08. The molecular formula is C12H13N2O4+. The first-order chi connectivity index (χ1) is 8.50. The third kappa shape index (κ3) is 2.04. The van der Waals surface area contributed by atoms with Gasteiger partial charge >= 0.3 is 11.9 Å². The molecule has 0 spiro atoms. The van der Waals surface area contributed by atoms with Gasteiger partial charge in [0.05, 0.1) is 0 Å². The van der Waals surface area contributed by atoms with Crippen molar-refractivity contribution in [3.8, 4) is 0 Å². The first-order valence-corrected chi connectivity index (χ1v) is 5.42. The summed E-state index contributed by atoms with van der Waals surface area (Å²) in [5, 5.41) is 17.8. The number of hydrogen-bond donors (Lipinski definition) is 2. The van der Waals surface area contributed by atoms with Crippen LogP contribution in [0.2, 0.25) is 0 Å². The van der Waals surface area contributed by atoms with Gasteiger partial charge in [-0.1, -0.05) is 12.1 Å². The van der Waals surface area contributed by atoms with Gasteiger partial charge in [0.25, 0.3) is 5.82 Å². The van der Waals surface area contributed by atoms with Crippen LogP contribution in [0.25, 0.3) is 11.0 Å². The Morgan fingerprint density at radius 3 is 2.50 bits per heavy atom. The molecule has 0 fully saturated rings. The summed E-state index contributed by atoms with van der Waals surface area (Å²) in [6.45, 7) is 1.35. The average Bonchev–Trinajstić information content (AvgIpc) is 2.54. The highest BCUT2D eigenvalue weighted by atomic mass is 16.4. The van der Waals surface area contributed by atoms with Gasteiger partial charge in [-0.25, -0.2) is 18.7 Å². The maximum atomic E-state index is 10.8. The molecule has 2 N–H and O–H groups in total. The molecule has 0 unspecified atom stereocenters. The number of aliphatic carboxylic acids is 2. The number of benzene rings is 1. The average molecular weight is 249 g/mol. The smallest absolute Gasteiger partial charge is 0.346 e. The van der Waals surface area contributed by atoms with E-state index in [-0.39, 0.29) is 13.1 Å². The fourth-order valence-corrected chi connectivity index (χ4v) is 2.08. The lowest BCUT2D eigenvalue weighted by Gasteiger charge is -1.96. The van der Waals surface area contributed by atoms with Crippen molar-refractivity contribution in [3.63, 3.8) is 0 Å². The monoisotopic (exact) mass is 249 g/mol. The Labute approximate surface area is 103 Å². The number of hydrogen-bond acceptors (Lipinski definition) is 2. The van der Waals surface area contributed by atoms with Crippen LogP contribution in [0.15, 0.2) is 24.3 Å². The molecule has 0 saturated carbocycles. The summed E-state index contributed by atoms with van der Waals surface area (Å²) in [4.78, 5) is 21.7. The summed E-state index contributed by atoms with van der Waals surface area (Å²) < 4.78 is 3.20. The third-order valence-corrected chi connectivity index (χ3v) is 2.83. The second-order valence-electron chi connectivity index (χ2n) is 4.00. The quantitative estimate of drug-likeness (QED) is 0.768. The molecule has 18 heavy (non-hydrogen) atoms. The van der Waals surface area contributed by atoms with E-state index in [9.17, 15) is 9.59 Å². The highest BCUT2D eigenvalue weighted by molar-refractivity contribution is 5.76.